The molecule has 0 aliphatic rings. The topological polar surface area (TPSA) is 51.7 Å². The highest BCUT2D eigenvalue weighted by molar-refractivity contribution is 5.89. The largest absolute Gasteiger partial charge is 0.495 e. The molecule has 0 N–H and O–H groups in total. The summed E-state index contributed by atoms with van der Waals surface area (Å²) >= 11 is 0. The summed E-state index contributed by atoms with van der Waals surface area (Å²) in [6.07, 6.45) is 2.76. The van der Waals surface area contributed by atoms with Crippen molar-refractivity contribution in [1.29, 1.82) is 0 Å². The maximum absolute atomic E-state index is 11.8. The predicted molar refractivity (Wildman–Crippen MR) is 65.4 cm³/mol. The molecule has 0 aliphatic heterocycles. The first kappa shape index (κ1) is 13.3. The number of aromatic nitrogens is 1. The molecule has 0 radical (unpaired) electrons. The van der Waals surface area contributed by atoms with Crippen molar-refractivity contribution >= 4 is 11.8 Å². The SMILES string of the molecule is COC(=O)N(c1cncc(OC)c1)C(C)(C)C. The molecule has 1 rings (SSSR count). The number of methoxy groups -OCH3 is 2. The van der Waals surface area contributed by atoms with Crippen LogP contribution in [-0.4, -0.2) is 30.8 Å². The monoisotopic (exact) mass is 238 g/mol. The van der Waals surface area contributed by atoms with Gasteiger partial charge in [-0.25, -0.2) is 4.79 Å². The highest BCUT2D eigenvalue weighted by atomic mass is 16.5. The fraction of sp³-hybridized carbons (Fsp3) is 0.500. The molecule has 0 aliphatic carbocycles. The van der Waals surface area contributed by atoms with E-state index in [9.17, 15) is 4.79 Å². The number of hydrogen-bond donors (Lipinski definition) is 0. The third-order valence-electron chi connectivity index (χ3n) is 2.22. The van der Waals surface area contributed by atoms with Crippen molar-refractivity contribution in [1.82, 2.24) is 4.98 Å². The van der Waals surface area contributed by atoms with Crippen molar-refractivity contribution in [2.45, 2.75) is 26.3 Å². The van der Waals surface area contributed by atoms with Crippen molar-refractivity contribution in [2.24, 2.45) is 0 Å². The summed E-state index contributed by atoms with van der Waals surface area (Å²) in [6.45, 7) is 5.76. The second-order valence-electron chi connectivity index (χ2n) is 4.56. The Morgan fingerprint density at radius 1 is 1.29 bits per heavy atom. The summed E-state index contributed by atoms with van der Waals surface area (Å²) < 4.78 is 9.87. The van der Waals surface area contributed by atoms with Gasteiger partial charge >= 0.3 is 6.09 Å². The Morgan fingerprint density at radius 3 is 2.41 bits per heavy atom. The number of pyridine rings is 1. The van der Waals surface area contributed by atoms with Crippen LogP contribution in [0.3, 0.4) is 0 Å². The van der Waals surface area contributed by atoms with E-state index < -0.39 is 11.6 Å². The first-order valence-corrected chi connectivity index (χ1v) is 5.27. The summed E-state index contributed by atoms with van der Waals surface area (Å²) in [5.41, 5.74) is 0.241. The van der Waals surface area contributed by atoms with E-state index in [4.69, 9.17) is 9.47 Å². The van der Waals surface area contributed by atoms with Crippen molar-refractivity contribution in [2.75, 3.05) is 19.1 Å². The molecule has 1 aromatic rings. The lowest BCUT2D eigenvalue weighted by atomic mass is 10.1. The molecular weight excluding hydrogens is 220 g/mol. The number of nitrogens with zero attached hydrogens (tertiary/aromatic N) is 2. The first-order chi connectivity index (χ1) is 7.90. The molecule has 1 heterocycles. The normalized spacial score (nSPS) is 10.9. The van der Waals surface area contributed by atoms with Crippen LogP contribution in [0.2, 0.25) is 0 Å². The number of amides is 1. The maximum atomic E-state index is 11.8. The van der Waals surface area contributed by atoms with Gasteiger partial charge < -0.3 is 9.47 Å². The summed E-state index contributed by atoms with van der Waals surface area (Å²) in [4.78, 5) is 17.4. The van der Waals surface area contributed by atoms with Gasteiger partial charge in [0.2, 0.25) is 0 Å². The minimum atomic E-state index is -0.424. The molecule has 94 valence electrons. The van der Waals surface area contributed by atoms with Gasteiger partial charge in [-0.1, -0.05) is 0 Å². The Kier molecular flexibility index (Phi) is 3.93. The van der Waals surface area contributed by atoms with E-state index in [2.05, 4.69) is 4.98 Å². The molecule has 1 amide bonds. The highest BCUT2D eigenvalue weighted by Gasteiger charge is 2.29. The zero-order valence-corrected chi connectivity index (χ0v) is 10.9. The first-order valence-electron chi connectivity index (χ1n) is 5.27. The summed E-state index contributed by atoms with van der Waals surface area (Å²) in [5, 5.41) is 0. The van der Waals surface area contributed by atoms with Gasteiger partial charge in [0.05, 0.1) is 32.3 Å². The van der Waals surface area contributed by atoms with Crippen LogP contribution in [0.5, 0.6) is 5.75 Å². The third-order valence-corrected chi connectivity index (χ3v) is 2.22. The number of anilines is 1. The van der Waals surface area contributed by atoms with Crippen molar-refractivity contribution in [3.05, 3.63) is 18.5 Å². The fourth-order valence-electron chi connectivity index (χ4n) is 1.50. The van der Waals surface area contributed by atoms with Gasteiger partial charge in [0.1, 0.15) is 5.75 Å². The Balaban J connectivity index is 3.17. The zero-order valence-electron chi connectivity index (χ0n) is 10.9. The van der Waals surface area contributed by atoms with E-state index in [1.54, 1.807) is 25.6 Å². The van der Waals surface area contributed by atoms with Crippen LogP contribution in [0.1, 0.15) is 20.8 Å². The van der Waals surface area contributed by atoms with Crippen molar-refractivity contribution < 1.29 is 14.3 Å². The maximum Gasteiger partial charge on any atom is 0.414 e. The van der Waals surface area contributed by atoms with Gasteiger partial charge in [-0.2, -0.15) is 0 Å². The van der Waals surface area contributed by atoms with Gasteiger partial charge in [0.25, 0.3) is 0 Å². The number of ether oxygens (including phenoxy) is 2. The van der Waals surface area contributed by atoms with Crippen LogP contribution < -0.4 is 9.64 Å². The molecule has 0 aromatic carbocycles. The molecule has 0 saturated heterocycles. The molecule has 0 unspecified atom stereocenters. The molecular formula is C12H18N2O3. The summed E-state index contributed by atoms with van der Waals surface area (Å²) in [5.74, 6) is 0.598. The number of carbonyl (C=O) groups is 1. The van der Waals surface area contributed by atoms with E-state index in [1.165, 1.54) is 12.0 Å². The van der Waals surface area contributed by atoms with E-state index in [0.29, 0.717) is 11.4 Å². The second kappa shape index (κ2) is 5.03. The standard InChI is InChI=1S/C12H18N2O3/c1-12(2,3)14(11(15)17-5)9-6-10(16-4)8-13-7-9/h6-8H,1-5H3. The Hall–Kier alpha value is -1.78. The second-order valence-corrected chi connectivity index (χ2v) is 4.56. The average molecular weight is 238 g/mol. The van der Waals surface area contributed by atoms with Crippen molar-refractivity contribution in [3.63, 3.8) is 0 Å². The van der Waals surface area contributed by atoms with Crippen LogP contribution in [0.25, 0.3) is 0 Å². The molecule has 0 atom stereocenters. The summed E-state index contributed by atoms with van der Waals surface area (Å²) in [6, 6.07) is 1.75. The van der Waals surface area contributed by atoms with E-state index in [1.807, 2.05) is 20.8 Å². The minimum Gasteiger partial charge on any atom is -0.495 e. The van der Waals surface area contributed by atoms with Gasteiger partial charge in [0.15, 0.2) is 0 Å². The lowest BCUT2D eigenvalue weighted by Gasteiger charge is -2.34. The summed E-state index contributed by atoms with van der Waals surface area (Å²) in [7, 11) is 2.91. The number of rotatable bonds is 2. The van der Waals surface area contributed by atoms with Crippen molar-refractivity contribution in [3.8, 4) is 5.75 Å². The van der Waals surface area contributed by atoms with Crippen LogP contribution in [-0.2, 0) is 4.74 Å². The van der Waals surface area contributed by atoms with Crippen LogP contribution >= 0.6 is 0 Å². The Morgan fingerprint density at radius 2 is 1.94 bits per heavy atom. The molecule has 0 saturated carbocycles. The minimum absolute atomic E-state index is 0.402. The molecule has 0 bridgehead atoms. The Bertz CT molecular complexity index is 399. The Labute approximate surface area is 101 Å². The number of hydrogen-bond acceptors (Lipinski definition) is 4. The predicted octanol–water partition coefficient (Wildman–Crippen LogP) is 2.46. The van der Waals surface area contributed by atoms with E-state index in [0.717, 1.165) is 0 Å². The molecule has 17 heavy (non-hydrogen) atoms. The smallest absolute Gasteiger partial charge is 0.414 e. The van der Waals surface area contributed by atoms with Gasteiger partial charge in [-0.15, -0.1) is 0 Å². The van der Waals surface area contributed by atoms with Crippen LogP contribution in [0, 0.1) is 0 Å². The molecule has 0 spiro atoms. The zero-order chi connectivity index (χ0) is 13.1. The quantitative estimate of drug-likeness (QED) is 0.794. The number of carbonyl (C=O) groups excluding carboxylic acids is 1. The lowest BCUT2D eigenvalue weighted by molar-refractivity contribution is 0.172. The fourth-order valence-corrected chi connectivity index (χ4v) is 1.50. The van der Waals surface area contributed by atoms with E-state index >= 15 is 0 Å². The van der Waals surface area contributed by atoms with E-state index in [-0.39, 0.29) is 0 Å². The highest BCUT2D eigenvalue weighted by Crippen LogP contribution is 2.26. The van der Waals surface area contributed by atoms with Gasteiger partial charge in [-0.3, -0.25) is 9.88 Å². The van der Waals surface area contributed by atoms with Gasteiger partial charge in [-0.05, 0) is 20.8 Å². The molecule has 5 heteroatoms. The lowest BCUT2D eigenvalue weighted by Crippen LogP contribution is -2.46. The molecule has 5 nitrogen and oxygen atoms in total. The average Bonchev–Trinajstić information content (AvgIpc) is 2.27. The molecule has 0 fully saturated rings. The van der Waals surface area contributed by atoms with Crippen LogP contribution in [0.15, 0.2) is 18.5 Å². The third kappa shape index (κ3) is 3.09. The molecule has 1 aromatic heterocycles. The van der Waals surface area contributed by atoms with Crippen LogP contribution in [0.4, 0.5) is 10.5 Å². The van der Waals surface area contributed by atoms with Gasteiger partial charge in [0, 0.05) is 11.6 Å².